The average molecular weight is 256 g/mol. The van der Waals surface area contributed by atoms with Crippen molar-refractivity contribution in [3.05, 3.63) is 36.8 Å². The van der Waals surface area contributed by atoms with Gasteiger partial charge in [-0.15, -0.1) is 0 Å². The summed E-state index contributed by atoms with van der Waals surface area (Å²) in [6.07, 6.45) is 9.38. The van der Waals surface area contributed by atoms with Crippen molar-refractivity contribution in [2.45, 2.75) is 19.8 Å². The van der Waals surface area contributed by atoms with Crippen molar-refractivity contribution in [2.75, 3.05) is 0 Å². The monoisotopic (exact) mass is 256 g/mol. The van der Waals surface area contributed by atoms with Crippen LogP contribution in [0.5, 0.6) is 0 Å². The van der Waals surface area contributed by atoms with Crippen LogP contribution in [0, 0.1) is 0 Å². The van der Waals surface area contributed by atoms with Gasteiger partial charge in [0.2, 0.25) is 0 Å². The van der Waals surface area contributed by atoms with Gasteiger partial charge in [0.25, 0.3) is 0 Å². The van der Waals surface area contributed by atoms with Gasteiger partial charge >= 0.3 is 0 Å². The maximum atomic E-state index is 4.42. The Kier molecular flexibility index (Phi) is 2.70. The number of rotatable bonds is 3. The Bertz CT molecular complexity index is 687. The van der Waals surface area contributed by atoms with Gasteiger partial charge in [0.05, 0.1) is 29.5 Å². The molecule has 1 N–H and O–H groups in total. The molecule has 6 heteroatoms. The van der Waals surface area contributed by atoms with E-state index in [1.54, 1.807) is 11.0 Å². The van der Waals surface area contributed by atoms with E-state index in [-0.39, 0.29) is 0 Å². The van der Waals surface area contributed by atoms with Crippen LogP contribution in [0.3, 0.4) is 0 Å². The summed E-state index contributed by atoms with van der Waals surface area (Å²) in [6.45, 7) is 4.27. The Morgan fingerprint density at radius 1 is 1.21 bits per heavy atom. The van der Waals surface area contributed by atoms with E-state index in [0.717, 1.165) is 22.6 Å². The molecule has 0 saturated carbocycles. The fourth-order valence-electron chi connectivity index (χ4n) is 2.08. The molecule has 0 bridgehead atoms. The molecule has 3 aromatic heterocycles. The molecule has 0 saturated heterocycles. The van der Waals surface area contributed by atoms with E-state index in [2.05, 4.69) is 34.1 Å². The minimum atomic E-state index is 0.391. The van der Waals surface area contributed by atoms with Crippen molar-refractivity contribution in [1.82, 2.24) is 29.5 Å². The summed E-state index contributed by atoms with van der Waals surface area (Å²) in [7, 11) is 1.90. The molecule has 3 rings (SSSR count). The largest absolute Gasteiger partial charge is 0.302 e. The highest BCUT2D eigenvalue weighted by molar-refractivity contribution is 5.57. The smallest absolute Gasteiger partial charge is 0.100 e. The molecule has 0 aliphatic rings. The number of nitrogens with zero attached hydrogens (tertiary/aromatic N) is 5. The van der Waals surface area contributed by atoms with Crippen molar-refractivity contribution in [3.8, 4) is 16.9 Å². The number of hydrogen-bond acceptors (Lipinski definition) is 3. The van der Waals surface area contributed by atoms with E-state index in [0.29, 0.717) is 5.92 Å². The van der Waals surface area contributed by atoms with E-state index in [9.17, 15) is 0 Å². The lowest BCUT2D eigenvalue weighted by molar-refractivity contribution is 0.768. The summed E-state index contributed by atoms with van der Waals surface area (Å²) >= 11 is 0. The molecule has 0 fully saturated rings. The molecule has 3 aromatic rings. The SMILES string of the molecule is CC(C)c1[nH]ncc1-n1cnc(-c2cnn(C)c2)c1. The number of aryl methyl sites for hydroxylation is 1. The van der Waals surface area contributed by atoms with Gasteiger partial charge in [0.1, 0.15) is 6.33 Å². The third-order valence-corrected chi connectivity index (χ3v) is 3.09. The Balaban J connectivity index is 1.99. The number of aromatic amines is 1. The van der Waals surface area contributed by atoms with Crippen LogP contribution in [-0.4, -0.2) is 29.5 Å². The highest BCUT2D eigenvalue weighted by Gasteiger charge is 2.12. The highest BCUT2D eigenvalue weighted by atomic mass is 15.2. The summed E-state index contributed by atoms with van der Waals surface area (Å²) in [5.74, 6) is 0.391. The Morgan fingerprint density at radius 2 is 2.05 bits per heavy atom. The second-order valence-electron chi connectivity index (χ2n) is 4.89. The number of aromatic nitrogens is 6. The molecule has 0 radical (unpaired) electrons. The van der Waals surface area contributed by atoms with Crippen LogP contribution in [0.4, 0.5) is 0 Å². The third-order valence-electron chi connectivity index (χ3n) is 3.09. The summed E-state index contributed by atoms with van der Waals surface area (Å²) < 4.78 is 3.76. The van der Waals surface area contributed by atoms with Crippen LogP contribution < -0.4 is 0 Å². The van der Waals surface area contributed by atoms with Crippen molar-refractivity contribution >= 4 is 0 Å². The minimum absolute atomic E-state index is 0.391. The predicted molar refractivity (Wildman–Crippen MR) is 72.0 cm³/mol. The molecule has 0 unspecified atom stereocenters. The van der Waals surface area contributed by atoms with E-state index in [1.807, 2.05) is 36.4 Å². The summed E-state index contributed by atoms with van der Waals surface area (Å²) in [4.78, 5) is 4.42. The Labute approximate surface area is 111 Å². The molecule has 0 amide bonds. The fraction of sp³-hybridized carbons (Fsp3) is 0.308. The molecular formula is C13H16N6. The minimum Gasteiger partial charge on any atom is -0.302 e. The molecule has 0 aliphatic heterocycles. The lowest BCUT2D eigenvalue weighted by Gasteiger charge is -2.05. The number of imidazole rings is 1. The zero-order chi connectivity index (χ0) is 13.4. The molecule has 6 nitrogen and oxygen atoms in total. The lowest BCUT2D eigenvalue weighted by atomic mass is 10.1. The van der Waals surface area contributed by atoms with Gasteiger partial charge in [-0.3, -0.25) is 9.78 Å². The van der Waals surface area contributed by atoms with Gasteiger partial charge in [0.15, 0.2) is 0 Å². The van der Waals surface area contributed by atoms with Gasteiger partial charge in [-0.2, -0.15) is 10.2 Å². The standard InChI is InChI=1S/C13H16N6/c1-9(2)13-12(5-15-17-13)19-7-11(14-8-19)10-4-16-18(3)6-10/h4-9H,1-3H3,(H,15,17). The second kappa shape index (κ2) is 4.38. The zero-order valence-electron chi connectivity index (χ0n) is 11.2. The first-order valence-corrected chi connectivity index (χ1v) is 6.22. The van der Waals surface area contributed by atoms with Crippen molar-refractivity contribution in [2.24, 2.45) is 7.05 Å². The molecule has 0 aromatic carbocycles. The molecule has 0 atom stereocenters. The third kappa shape index (κ3) is 2.05. The Morgan fingerprint density at radius 3 is 2.74 bits per heavy atom. The van der Waals surface area contributed by atoms with Crippen LogP contribution >= 0.6 is 0 Å². The van der Waals surface area contributed by atoms with Gasteiger partial charge in [-0.25, -0.2) is 4.98 Å². The topological polar surface area (TPSA) is 64.3 Å². The maximum absolute atomic E-state index is 4.42. The van der Waals surface area contributed by atoms with E-state index < -0.39 is 0 Å². The average Bonchev–Trinajstić information content (AvgIpc) is 3.07. The van der Waals surface area contributed by atoms with Crippen molar-refractivity contribution in [1.29, 1.82) is 0 Å². The van der Waals surface area contributed by atoms with Gasteiger partial charge < -0.3 is 4.57 Å². The van der Waals surface area contributed by atoms with Crippen LogP contribution in [0.2, 0.25) is 0 Å². The quantitative estimate of drug-likeness (QED) is 0.780. The number of hydrogen-bond donors (Lipinski definition) is 1. The van der Waals surface area contributed by atoms with Crippen molar-refractivity contribution in [3.63, 3.8) is 0 Å². The number of nitrogens with one attached hydrogen (secondary N) is 1. The highest BCUT2D eigenvalue weighted by Crippen LogP contribution is 2.22. The zero-order valence-corrected chi connectivity index (χ0v) is 11.2. The first-order chi connectivity index (χ1) is 9.15. The first kappa shape index (κ1) is 11.7. The van der Waals surface area contributed by atoms with E-state index in [4.69, 9.17) is 0 Å². The molecule has 0 spiro atoms. The molecule has 98 valence electrons. The first-order valence-electron chi connectivity index (χ1n) is 6.22. The van der Waals surface area contributed by atoms with E-state index >= 15 is 0 Å². The van der Waals surface area contributed by atoms with Crippen LogP contribution in [0.15, 0.2) is 31.1 Å². The normalized spacial score (nSPS) is 11.4. The van der Waals surface area contributed by atoms with Gasteiger partial charge in [-0.05, 0) is 5.92 Å². The summed E-state index contributed by atoms with van der Waals surface area (Å²) in [5, 5.41) is 11.3. The molecule has 0 aliphatic carbocycles. The molecule has 3 heterocycles. The summed E-state index contributed by atoms with van der Waals surface area (Å²) in [6, 6.07) is 0. The lowest BCUT2D eigenvalue weighted by Crippen LogP contribution is -1.96. The predicted octanol–water partition coefficient (Wildman–Crippen LogP) is 2.12. The van der Waals surface area contributed by atoms with Crippen LogP contribution in [0.25, 0.3) is 16.9 Å². The fourth-order valence-corrected chi connectivity index (χ4v) is 2.08. The maximum Gasteiger partial charge on any atom is 0.100 e. The van der Waals surface area contributed by atoms with E-state index in [1.165, 1.54) is 0 Å². The van der Waals surface area contributed by atoms with Gasteiger partial charge in [-0.1, -0.05) is 13.8 Å². The summed E-state index contributed by atoms with van der Waals surface area (Å²) in [5.41, 5.74) is 4.06. The van der Waals surface area contributed by atoms with Gasteiger partial charge in [0, 0.05) is 25.0 Å². The molecule has 19 heavy (non-hydrogen) atoms. The van der Waals surface area contributed by atoms with Crippen LogP contribution in [0.1, 0.15) is 25.5 Å². The van der Waals surface area contributed by atoms with Crippen LogP contribution in [-0.2, 0) is 7.05 Å². The second-order valence-corrected chi connectivity index (χ2v) is 4.89. The molecular weight excluding hydrogens is 240 g/mol. The Hall–Kier alpha value is -2.37. The number of H-pyrrole nitrogens is 1. The van der Waals surface area contributed by atoms with Crippen molar-refractivity contribution < 1.29 is 0 Å².